The number of hydrogen-bond donors (Lipinski definition) is 1. The van der Waals surface area contributed by atoms with Crippen molar-refractivity contribution in [2.45, 2.75) is 6.61 Å². The lowest BCUT2D eigenvalue weighted by Gasteiger charge is -2.10. The minimum Gasteiger partial charge on any atom is -0.496 e. The number of rotatable bonds is 4. The van der Waals surface area contributed by atoms with Gasteiger partial charge in [-0.2, -0.15) is 0 Å². The quantitative estimate of drug-likeness (QED) is 0.878. The van der Waals surface area contributed by atoms with Gasteiger partial charge in [0.25, 0.3) is 0 Å². The minimum atomic E-state index is -0.395. The molecule has 108 valence electrons. The highest BCUT2D eigenvalue weighted by Gasteiger charge is 2.04. The molecule has 0 saturated heterocycles. The van der Waals surface area contributed by atoms with Gasteiger partial charge < -0.3 is 15.2 Å². The van der Waals surface area contributed by atoms with Crippen LogP contribution in [-0.4, -0.2) is 13.7 Å². The second kappa shape index (κ2) is 7.32. The summed E-state index contributed by atoms with van der Waals surface area (Å²) in [4.78, 5) is 0. The van der Waals surface area contributed by atoms with E-state index in [2.05, 4.69) is 11.8 Å². The summed E-state index contributed by atoms with van der Waals surface area (Å²) in [6.07, 6.45) is 0. The summed E-state index contributed by atoms with van der Waals surface area (Å²) in [5, 5.41) is 0. The molecule has 0 aromatic heterocycles. The predicted octanol–water partition coefficient (Wildman–Crippen LogP) is 2.72. The summed E-state index contributed by atoms with van der Waals surface area (Å²) in [5.74, 6) is 6.23. The zero-order valence-corrected chi connectivity index (χ0v) is 11.7. The molecule has 0 aliphatic carbocycles. The summed E-state index contributed by atoms with van der Waals surface area (Å²) in [6.45, 7) is 0.519. The van der Waals surface area contributed by atoms with Crippen molar-refractivity contribution in [1.82, 2.24) is 0 Å². The Morgan fingerprint density at radius 2 is 2.00 bits per heavy atom. The maximum absolute atomic E-state index is 13.5. The summed E-state index contributed by atoms with van der Waals surface area (Å²) >= 11 is 0. The Kier molecular flexibility index (Phi) is 5.19. The van der Waals surface area contributed by atoms with Gasteiger partial charge in [0.2, 0.25) is 0 Å². The highest BCUT2D eigenvalue weighted by molar-refractivity contribution is 5.41. The first-order chi connectivity index (χ1) is 10.2. The van der Waals surface area contributed by atoms with Crippen LogP contribution in [0.3, 0.4) is 0 Å². The molecular formula is C17H16FNO2. The third-order valence-corrected chi connectivity index (χ3v) is 2.79. The number of benzene rings is 2. The van der Waals surface area contributed by atoms with Gasteiger partial charge in [-0.05, 0) is 18.2 Å². The lowest BCUT2D eigenvalue weighted by molar-refractivity contribution is 0.295. The fourth-order valence-corrected chi connectivity index (χ4v) is 1.85. The van der Waals surface area contributed by atoms with E-state index in [1.165, 1.54) is 12.1 Å². The standard InChI is InChI=1S/C17H16FNO2/c1-20-17-7-3-2-6-14(17)12-21-16-10-13(5-4-8-19)9-15(18)11-16/h2-3,6-7,9-11H,8,12,19H2,1H3. The third kappa shape index (κ3) is 4.23. The van der Waals surface area contributed by atoms with Crippen LogP contribution in [-0.2, 0) is 6.61 Å². The third-order valence-electron chi connectivity index (χ3n) is 2.79. The molecule has 0 amide bonds. The van der Waals surface area contributed by atoms with Gasteiger partial charge in [-0.15, -0.1) is 0 Å². The van der Waals surface area contributed by atoms with E-state index in [9.17, 15) is 4.39 Å². The molecule has 2 rings (SSSR count). The molecule has 2 aromatic rings. The average molecular weight is 285 g/mol. The van der Waals surface area contributed by atoms with Crippen LogP contribution in [0.4, 0.5) is 4.39 Å². The van der Waals surface area contributed by atoms with Gasteiger partial charge in [-0.1, -0.05) is 30.0 Å². The van der Waals surface area contributed by atoms with E-state index in [4.69, 9.17) is 15.2 Å². The van der Waals surface area contributed by atoms with E-state index in [-0.39, 0.29) is 13.2 Å². The number of methoxy groups -OCH3 is 1. The maximum atomic E-state index is 13.5. The Morgan fingerprint density at radius 1 is 1.19 bits per heavy atom. The van der Waals surface area contributed by atoms with Crippen molar-refractivity contribution >= 4 is 0 Å². The molecule has 0 heterocycles. The zero-order valence-electron chi connectivity index (χ0n) is 11.7. The Labute approximate surface area is 123 Å². The normalized spacial score (nSPS) is 9.67. The molecule has 0 spiro atoms. The van der Waals surface area contributed by atoms with Crippen LogP contribution < -0.4 is 15.2 Å². The molecule has 2 aromatic carbocycles. The molecule has 0 aliphatic heterocycles. The second-order valence-corrected chi connectivity index (χ2v) is 4.28. The van der Waals surface area contributed by atoms with Gasteiger partial charge in [-0.3, -0.25) is 0 Å². The van der Waals surface area contributed by atoms with Crippen LogP contribution in [0.2, 0.25) is 0 Å². The van der Waals surface area contributed by atoms with Crippen molar-refractivity contribution in [1.29, 1.82) is 0 Å². The fourth-order valence-electron chi connectivity index (χ4n) is 1.85. The van der Waals surface area contributed by atoms with Gasteiger partial charge in [0.05, 0.1) is 13.7 Å². The number of halogens is 1. The molecule has 0 unspecified atom stereocenters. The van der Waals surface area contributed by atoms with Crippen LogP contribution in [0.5, 0.6) is 11.5 Å². The topological polar surface area (TPSA) is 44.5 Å². The number of para-hydroxylation sites is 1. The van der Waals surface area contributed by atoms with Crippen LogP contribution in [0.15, 0.2) is 42.5 Å². The van der Waals surface area contributed by atoms with Crippen molar-refractivity contribution in [2.24, 2.45) is 5.73 Å². The van der Waals surface area contributed by atoms with Gasteiger partial charge >= 0.3 is 0 Å². The number of ether oxygens (including phenoxy) is 2. The molecular weight excluding hydrogens is 269 g/mol. The zero-order chi connectivity index (χ0) is 15.1. The lowest BCUT2D eigenvalue weighted by atomic mass is 10.2. The Balaban J connectivity index is 2.14. The van der Waals surface area contributed by atoms with Crippen molar-refractivity contribution in [3.63, 3.8) is 0 Å². The average Bonchev–Trinajstić information content (AvgIpc) is 2.50. The summed E-state index contributed by atoms with van der Waals surface area (Å²) in [7, 11) is 1.60. The molecule has 4 heteroatoms. The highest BCUT2D eigenvalue weighted by atomic mass is 19.1. The Hall–Kier alpha value is -2.51. The number of nitrogens with two attached hydrogens (primary N) is 1. The van der Waals surface area contributed by atoms with Gasteiger partial charge in [-0.25, -0.2) is 4.39 Å². The van der Waals surface area contributed by atoms with E-state index in [1.807, 2.05) is 24.3 Å². The molecule has 0 radical (unpaired) electrons. The van der Waals surface area contributed by atoms with Crippen molar-refractivity contribution < 1.29 is 13.9 Å². The van der Waals surface area contributed by atoms with Crippen LogP contribution in [0.25, 0.3) is 0 Å². The summed E-state index contributed by atoms with van der Waals surface area (Å²) in [5.41, 5.74) is 6.73. The molecule has 0 fully saturated rings. The van der Waals surface area contributed by atoms with E-state index >= 15 is 0 Å². The lowest BCUT2D eigenvalue weighted by Crippen LogP contribution is -1.99. The molecule has 3 nitrogen and oxygen atoms in total. The SMILES string of the molecule is COc1ccccc1COc1cc(F)cc(C#CCN)c1. The largest absolute Gasteiger partial charge is 0.496 e. The Bertz CT molecular complexity index is 674. The molecule has 0 aliphatic rings. The van der Waals surface area contributed by atoms with Gasteiger partial charge in [0, 0.05) is 17.2 Å². The van der Waals surface area contributed by atoms with E-state index in [1.54, 1.807) is 13.2 Å². The van der Waals surface area contributed by atoms with E-state index in [0.29, 0.717) is 11.3 Å². The first-order valence-electron chi connectivity index (χ1n) is 6.47. The van der Waals surface area contributed by atoms with Crippen LogP contribution in [0.1, 0.15) is 11.1 Å². The van der Waals surface area contributed by atoms with Crippen molar-refractivity contribution in [3.05, 3.63) is 59.4 Å². The molecule has 2 N–H and O–H groups in total. The minimum absolute atomic E-state index is 0.230. The highest BCUT2D eigenvalue weighted by Crippen LogP contribution is 2.21. The summed E-state index contributed by atoms with van der Waals surface area (Å²) < 4.78 is 24.4. The molecule has 0 atom stereocenters. The smallest absolute Gasteiger partial charge is 0.128 e. The van der Waals surface area contributed by atoms with Crippen LogP contribution in [0, 0.1) is 17.7 Å². The first-order valence-corrected chi connectivity index (χ1v) is 6.47. The van der Waals surface area contributed by atoms with Gasteiger partial charge in [0.15, 0.2) is 0 Å². The molecule has 21 heavy (non-hydrogen) atoms. The summed E-state index contributed by atoms with van der Waals surface area (Å²) in [6, 6.07) is 11.9. The maximum Gasteiger partial charge on any atom is 0.128 e. The monoisotopic (exact) mass is 285 g/mol. The predicted molar refractivity (Wildman–Crippen MR) is 79.7 cm³/mol. The number of hydrogen-bond acceptors (Lipinski definition) is 3. The van der Waals surface area contributed by atoms with Gasteiger partial charge in [0.1, 0.15) is 23.9 Å². The molecule has 0 saturated carbocycles. The van der Waals surface area contributed by atoms with E-state index < -0.39 is 5.82 Å². The van der Waals surface area contributed by atoms with E-state index in [0.717, 1.165) is 11.3 Å². The second-order valence-electron chi connectivity index (χ2n) is 4.28. The Morgan fingerprint density at radius 3 is 2.76 bits per heavy atom. The fraction of sp³-hybridized carbons (Fsp3) is 0.176. The van der Waals surface area contributed by atoms with Crippen molar-refractivity contribution in [3.8, 4) is 23.3 Å². The van der Waals surface area contributed by atoms with Crippen molar-refractivity contribution in [2.75, 3.05) is 13.7 Å². The molecule has 0 bridgehead atoms. The van der Waals surface area contributed by atoms with Crippen LogP contribution >= 0.6 is 0 Å². The first kappa shape index (κ1) is 14.9.